The maximum atomic E-state index is 13.8. The third kappa shape index (κ3) is 5.43. The van der Waals surface area contributed by atoms with E-state index < -0.39 is 46.1 Å². The predicted octanol–water partition coefficient (Wildman–Crippen LogP) is 2.63. The van der Waals surface area contributed by atoms with Crippen molar-refractivity contribution in [2.45, 2.75) is 36.4 Å². The van der Waals surface area contributed by atoms with E-state index in [9.17, 15) is 27.2 Å². The van der Waals surface area contributed by atoms with Gasteiger partial charge in [-0.05, 0) is 54.8 Å². The van der Waals surface area contributed by atoms with Crippen molar-refractivity contribution in [3.8, 4) is 0 Å². The third-order valence-corrected chi connectivity index (χ3v) is 8.47. The van der Waals surface area contributed by atoms with Gasteiger partial charge in [-0.25, -0.2) is 17.1 Å². The number of furan rings is 1. The molecule has 0 radical (unpaired) electrons. The molecular formula is C27H26FN3O7S. The summed E-state index contributed by atoms with van der Waals surface area (Å²) in [6.45, 7) is -0.221. The van der Waals surface area contributed by atoms with Gasteiger partial charge in [0.05, 0.1) is 17.9 Å². The molecule has 3 aromatic rings. The molecule has 1 aromatic heterocycles. The normalized spacial score (nSPS) is 18.5. The lowest BCUT2D eigenvalue weighted by Crippen LogP contribution is -2.48. The maximum absolute atomic E-state index is 13.8. The van der Waals surface area contributed by atoms with Crippen LogP contribution in [0, 0.1) is 5.82 Å². The van der Waals surface area contributed by atoms with Gasteiger partial charge in [0.1, 0.15) is 23.0 Å². The highest BCUT2D eigenvalue weighted by Gasteiger charge is 2.44. The third-order valence-electron chi connectivity index (χ3n) is 6.68. The molecule has 10 nitrogen and oxygen atoms in total. The first kappa shape index (κ1) is 26.6. The predicted molar refractivity (Wildman–Crippen MR) is 135 cm³/mol. The fraction of sp³-hybridized carbons (Fsp3) is 0.296. The number of benzene rings is 2. The van der Waals surface area contributed by atoms with Crippen LogP contribution in [0.5, 0.6) is 0 Å². The molecule has 3 heterocycles. The summed E-state index contributed by atoms with van der Waals surface area (Å²) in [5, 5.41) is 2.80. The van der Waals surface area contributed by atoms with Crippen molar-refractivity contribution in [2.75, 3.05) is 19.7 Å². The number of rotatable bonds is 9. The van der Waals surface area contributed by atoms with Gasteiger partial charge in [-0.2, -0.15) is 0 Å². The van der Waals surface area contributed by atoms with Crippen LogP contribution in [0.3, 0.4) is 0 Å². The zero-order valence-corrected chi connectivity index (χ0v) is 21.6. The smallest absolute Gasteiger partial charge is 0.269 e. The summed E-state index contributed by atoms with van der Waals surface area (Å²) in [5.74, 6) is -2.58. The van der Waals surface area contributed by atoms with Gasteiger partial charge in [-0.15, -0.1) is 0 Å². The van der Waals surface area contributed by atoms with E-state index in [0.29, 0.717) is 16.5 Å². The van der Waals surface area contributed by atoms with E-state index in [0.717, 1.165) is 17.7 Å². The van der Waals surface area contributed by atoms with Crippen LogP contribution in [0.25, 0.3) is 0 Å². The molecule has 12 heteroatoms. The van der Waals surface area contributed by atoms with Gasteiger partial charge in [0.2, 0.25) is 5.91 Å². The molecule has 1 fully saturated rings. The molecular weight excluding hydrogens is 529 g/mol. The van der Waals surface area contributed by atoms with Gasteiger partial charge in [-0.3, -0.25) is 14.4 Å². The Morgan fingerprint density at radius 1 is 1.10 bits per heavy atom. The number of carbonyl (C=O) groups is 3. The summed E-state index contributed by atoms with van der Waals surface area (Å²) < 4.78 is 51.4. The summed E-state index contributed by atoms with van der Waals surface area (Å²) in [5.41, 5.74) is 0.444. The topological polar surface area (TPSA) is 126 Å². The molecule has 2 aliphatic rings. The van der Waals surface area contributed by atoms with Gasteiger partial charge >= 0.3 is 0 Å². The van der Waals surface area contributed by atoms with E-state index in [2.05, 4.69) is 5.32 Å². The van der Waals surface area contributed by atoms with Crippen molar-refractivity contribution in [2.24, 2.45) is 0 Å². The van der Waals surface area contributed by atoms with Gasteiger partial charge in [-0.1, -0.05) is 24.3 Å². The molecule has 1 N–H and O–H groups in total. The Morgan fingerprint density at radius 3 is 2.54 bits per heavy atom. The highest BCUT2D eigenvalue weighted by molar-refractivity contribution is 7.90. The van der Waals surface area contributed by atoms with E-state index in [1.165, 1.54) is 60.9 Å². The van der Waals surface area contributed by atoms with Crippen LogP contribution in [0.2, 0.25) is 0 Å². The lowest BCUT2D eigenvalue weighted by Gasteiger charge is -2.31. The van der Waals surface area contributed by atoms with Crippen molar-refractivity contribution in [3.05, 3.63) is 89.6 Å². The molecule has 204 valence electrons. The Bertz CT molecular complexity index is 1470. The summed E-state index contributed by atoms with van der Waals surface area (Å²) in [7, 11) is -4.28. The first-order valence-corrected chi connectivity index (χ1v) is 13.8. The summed E-state index contributed by atoms with van der Waals surface area (Å²) in [6.07, 6.45) is 2.83. The molecule has 0 spiro atoms. The van der Waals surface area contributed by atoms with E-state index in [1.54, 1.807) is 6.07 Å². The minimum absolute atomic E-state index is 0.0349. The van der Waals surface area contributed by atoms with E-state index in [-0.39, 0.29) is 35.4 Å². The fourth-order valence-electron chi connectivity index (χ4n) is 4.70. The van der Waals surface area contributed by atoms with Crippen LogP contribution in [0.4, 0.5) is 4.39 Å². The number of hydrogen-bond donors (Lipinski definition) is 1. The van der Waals surface area contributed by atoms with Gasteiger partial charge in [0.15, 0.2) is 6.04 Å². The number of hydrogen-bond acceptors (Lipinski definition) is 7. The van der Waals surface area contributed by atoms with Crippen LogP contribution < -0.4 is 5.32 Å². The van der Waals surface area contributed by atoms with Crippen LogP contribution >= 0.6 is 0 Å². The fourth-order valence-corrected chi connectivity index (χ4v) is 6.22. The van der Waals surface area contributed by atoms with Crippen molar-refractivity contribution in [3.63, 3.8) is 0 Å². The molecule has 5 rings (SSSR count). The minimum Gasteiger partial charge on any atom is -0.467 e. The Balaban J connectivity index is 1.47. The highest BCUT2D eigenvalue weighted by Crippen LogP contribution is 2.31. The number of ether oxygens (including phenoxy) is 1. The summed E-state index contributed by atoms with van der Waals surface area (Å²) in [4.78, 5) is 41.2. The van der Waals surface area contributed by atoms with Crippen molar-refractivity contribution in [1.82, 2.24) is 14.5 Å². The monoisotopic (exact) mass is 555 g/mol. The lowest BCUT2D eigenvalue weighted by atomic mass is 10.1. The quantitative estimate of drug-likeness (QED) is 0.430. The van der Waals surface area contributed by atoms with E-state index in [1.807, 2.05) is 0 Å². The van der Waals surface area contributed by atoms with Crippen molar-refractivity contribution in [1.29, 1.82) is 0 Å². The van der Waals surface area contributed by atoms with Crippen molar-refractivity contribution < 1.29 is 36.3 Å². The molecule has 0 bridgehead atoms. The Kier molecular flexibility index (Phi) is 7.49. The Labute approximate surface area is 224 Å². The lowest BCUT2D eigenvalue weighted by molar-refractivity contribution is -0.142. The molecule has 2 aromatic carbocycles. The Hall–Kier alpha value is -4.03. The maximum Gasteiger partial charge on any atom is 0.269 e. The van der Waals surface area contributed by atoms with E-state index >= 15 is 0 Å². The van der Waals surface area contributed by atoms with Gasteiger partial charge in [0, 0.05) is 19.7 Å². The molecule has 39 heavy (non-hydrogen) atoms. The second-order valence-electron chi connectivity index (χ2n) is 9.26. The molecule has 0 unspecified atom stereocenters. The number of carbonyl (C=O) groups excluding carboxylic acids is 3. The van der Waals surface area contributed by atoms with Crippen LogP contribution in [-0.2, 0) is 30.9 Å². The molecule has 1 saturated heterocycles. The first-order chi connectivity index (χ1) is 18.8. The number of sulfonamides is 1. The first-order valence-electron chi connectivity index (χ1n) is 12.4. The highest BCUT2D eigenvalue weighted by atomic mass is 32.2. The molecule has 3 amide bonds. The standard InChI is InChI=1S/C27H26FN3O7S/c28-19-11-9-18(10-12-19)16-30(24(32)17-31-27(34)21-6-1-2-8-23(21)39(31,35)36)25(22-7-4-14-38-22)26(33)29-15-20-5-3-13-37-20/h1-2,4,6-12,14,20,25H,3,5,13,15-17H2,(H,29,33)/t20-,25+/m0/s1. The SMILES string of the molecule is O=C(NC[C@@H]1CCCO1)[C@@H](c1ccco1)N(Cc1ccc(F)cc1)C(=O)CN1C(=O)c2ccccc2S1(=O)=O. The Morgan fingerprint density at radius 2 is 1.87 bits per heavy atom. The summed E-state index contributed by atoms with van der Waals surface area (Å²) >= 11 is 0. The number of fused-ring (bicyclic) bond motifs is 1. The second-order valence-corrected chi connectivity index (χ2v) is 11.1. The van der Waals surface area contributed by atoms with E-state index in [4.69, 9.17) is 9.15 Å². The molecule has 2 aliphatic heterocycles. The molecule has 0 aliphatic carbocycles. The number of nitrogens with zero attached hydrogens (tertiary/aromatic N) is 2. The average Bonchev–Trinajstić information content (AvgIpc) is 3.68. The van der Waals surface area contributed by atoms with Crippen LogP contribution in [-0.4, -0.2) is 61.1 Å². The largest absolute Gasteiger partial charge is 0.467 e. The number of amides is 3. The number of halogens is 1. The van der Waals surface area contributed by atoms with Gasteiger partial charge < -0.3 is 19.4 Å². The molecule has 0 saturated carbocycles. The average molecular weight is 556 g/mol. The van der Waals surface area contributed by atoms with Crippen molar-refractivity contribution >= 4 is 27.7 Å². The molecule has 2 atom stereocenters. The zero-order chi connectivity index (χ0) is 27.6. The summed E-state index contributed by atoms with van der Waals surface area (Å²) in [6, 6.07) is 12.8. The van der Waals surface area contributed by atoms with Crippen LogP contribution in [0.1, 0.15) is 40.6 Å². The number of nitrogens with one attached hydrogen (secondary N) is 1. The van der Waals surface area contributed by atoms with Gasteiger partial charge in [0.25, 0.3) is 21.8 Å². The van der Waals surface area contributed by atoms with Crippen LogP contribution in [0.15, 0.2) is 76.2 Å². The zero-order valence-electron chi connectivity index (χ0n) is 20.8. The second kappa shape index (κ2) is 11.0. The minimum atomic E-state index is -4.28.